The van der Waals surface area contributed by atoms with Gasteiger partial charge in [-0.05, 0) is 67.3 Å². The molecule has 2 atom stereocenters. The molecule has 0 amide bonds. The molecule has 4 fully saturated rings. The van der Waals surface area contributed by atoms with Gasteiger partial charge in [0.05, 0.1) is 27.1 Å². The zero-order valence-electron chi connectivity index (χ0n) is 27.0. The summed E-state index contributed by atoms with van der Waals surface area (Å²) < 4.78 is 48.2. The topological polar surface area (TPSA) is 72.4 Å². The molecule has 2 saturated heterocycles. The van der Waals surface area contributed by atoms with Crippen LogP contribution >= 0.6 is 11.8 Å². The van der Waals surface area contributed by atoms with Crippen LogP contribution in [0.4, 0.5) is 13.2 Å². The van der Waals surface area contributed by atoms with Crippen molar-refractivity contribution in [1.29, 1.82) is 0 Å². The van der Waals surface area contributed by atoms with Crippen molar-refractivity contribution < 1.29 is 13.2 Å². The van der Waals surface area contributed by atoms with Crippen LogP contribution in [0.2, 0.25) is 0 Å². The highest BCUT2D eigenvalue weighted by atomic mass is 32.2. The lowest BCUT2D eigenvalue weighted by molar-refractivity contribution is -0.136. The number of pyridine rings is 1. The molecule has 0 radical (unpaired) electrons. The van der Waals surface area contributed by atoms with Crippen LogP contribution in [0.25, 0.3) is 11.2 Å². The van der Waals surface area contributed by atoms with Crippen LogP contribution in [0, 0.1) is 5.92 Å². The highest BCUT2D eigenvalue weighted by Crippen LogP contribution is 2.52. The van der Waals surface area contributed by atoms with Crippen molar-refractivity contribution in [3.05, 3.63) is 82.1 Å². The average Bonchev–Trinajstić information content (AvgIpc) is 3.65. The van der Waals surface area contributed by atoms with Crippen molar-refractivity contribution in [3.63, 3.8) is 0 Å². The van der Waals surface area contributed by atoms with E-state index in [4.69, 9.17) is 0 Å². The standard InChI is InChI=1S/C35H42F3N7OS/c1-23-16-33(17-23,31-41-39-22-42(31)2)25-8-7-9-26(15-25)44-20-29-27(35(36,37)38)14-24(19-45(29)32(44)46)18-43-13-10-28-30(21-43)47-34(40-28)11-5-3-4-6-12-34/h7-9,14-15,19-20,22-23,28,30,40H,3-6,10-13,16-18,21H2,1-2H3. The number of likely N-dealkylation sites (tertiary alicyclic amines) is 1. The monoisotopic (exact) mass is 665 g/mol. The van der Waals surface area contributed by atoms with E-state index in [1.165, 1.54) is 59.8 Å². The lowest BCUT2D eigenvalue weighted by Gasteiger charge is -2.46. The van der Waals surface area contributed by atoms with Crippen LogP contribution in [-0.2, 0) is 25.2 Å². The van der Waals surface area contributed by atoms with Gasteiger partial charge in [0.1, 0.15) is 12.2 Å². The fraction of sp³-hybridized carbons (Fsp3) is 0.571. The summed E-state index contributed by atoms with van der Waals surface area (Å²) in [5.41, 5.74) is 0.231. The van der Waals surface area contributed by atoms with Crippen LogP contribution in [0.5, 0.6) is 0 Å². The summed E-state index contributed by atoms with van der Waals surface area (Å²) in [7, 11) is 1.92. The summed E-state index contributed by atoms with van der Waals surface area (Å²) in [6.07, 6.45) is 10.3. The number of hydrogen-bond acceptors (Lipinski definition) is 6. The highest BCUT2D eigenvalue weighted by Gasteiger charge is 2.49. The summed E-state index contributed by atoms with van der Waals surface area (Å²) in [5, 5.41) is 12.9. The number of benzene rings is 1. The molecule has 47 heavy (non-hydrogen) atoms. The van der Waals surface area contributed by atoms with Crippen LogP contribution in [0.3, 0.4) is 0 Å². The van der Waals surface area contributed by atoms with Crippen LogP contribution in [0.1, 0.15) is 87.2 Å². The van der Waals surface area contributed by atoms with E-state index in [0.29, 0.717) is 35.0 Å². The Kier molecular flexibility index (Phi) is 7.64. The van der Waals surface area contributed by atoms with E-state index >= 15 is 0 Å². The Morgan fingerprint density at radius 1 is 1.09 bits per heavy atom. The first-order chi connectivity index (χ1) is 22.5. The van der Waals surface area contributed by atoms with Crippen LogP contribution < -0.4 is 11.0 Å². The average molecular weight is 666 g/mol. The van der Waals surface area contributed by atoms with E-state index in [-0.39, 0.29) is 15.8 Å². The third-order valence-corrected chi connectivity index (χ3v) is 12.9. The van der Waals surface area contributed by atoms with Crippen molar-refractivity contribution in [2.24, 2.45) is 13.0 Å². The van der Waals surface area contributed by atoms with Crippen LogP contribution in [-0.4, -0.2) is 57.9 Å². The Bertz CT molecular complexity index is 1850. The molecular weight excluding hydrogens is 623 g/mol. The number of imidazole rings is 1. The minimum atomic E-state index is -4.61. The van der Waals surface area contributed by atoms with Gasteiger partial charge in [-0.15, -0.1) is 22.0 Å². The number of fused-ring (bicyclic) bond motifs is 2. The number of alkyl halides is 3. The Morgan fingerprint density at radius 3 is 2.57 bits per heavy atom. The molecule has 5 heterocycles. The zero-order chi connectivity index (χ0) is 32.6. The molecule has 2 aliphatic heterocycles. The summed E-state index contributed by atoms with van der Waals surface area (Å²) >= 11 is 2.07. The number of nitrogens with one attached hydrogen (secondary N) is 1. The maximum absolute atomic E-state index is 14.6. The second-order valence-corrected chi connectivity index (χ2v) is 16.2. The largest absolute Gasteiger partial charge is 0.418 e. The third-order valence-electron chi connectivity index (χ3n) is 11.1. The number of halogens is 3. The summed E-state index contributed by atoms with van der Waals surface area (Å²) in [5.74, 6) is 1.35. The van der Waals surface area contributed by atoms with Gasteiger partial charge >= 0.3 is 11.9 Å². The lowest BCUT2D eigenvalue weighted by atomic mass is 9.58. The van der Waals surface area contributed by atoms with Gasteiger partial charge in [0.25, 0.3) is 0 Å². The minimum Gasteiger partial charge on any atom is -0.320 e. The number of nitrogens with zero attached hydrogens (tertiary/aromatic N) is 6. The van der Waals surface area contributed by atoms with Crippen molar-refractivity contribution in [1.82, 2.24) is 33.9 Å². The van der Waals surface area contributed by atoms with Gasteiger partial charge in [-0.25, -0.2) is 4.79 Å². The van der Waals surface area contributed by atoms with Crippen molar-refractivity contribution in [2.75, 3.05) is 13.1 Å². The molecule has 4 aromatic rings. The number of thioether (sulfide) groups is 1. The van der Waals surface area contributed by atoms with Gasteiger partial charge in [-0.1, -0.05) is 44.7 Å². The quantitative estimate of drug-likeness (QED) is 0.271. The van der Waals surface area contributed by atoms with Crippen molar-refractivity contribution in [3.8, 4) is 5.69 Å². The van der Waals surface area contributed by atoms with Crippen molar-refractivity contribution >= 4 is 17.3 Å². The van der Waals surface area contributed by atoms with Gasteiger partial charge in [-0.2, -0.15) is 13.2 Å². The van der Waals surface area contributed by atoms with Gasteiger partial charge in [0.15, 0.2) is 0 Å². The molecule has 1 N–H and O–H groups in total. The molecule has 3 aromatic heterocycles. The molecule has 0 bridgehead atoms. The molecule has 1 spiro atoms. The van der Waals surface area contributed by atoms with Crippen LogP contribution in [0.15, 0.2) is 53.8 Å². The van der Waals surface area contributed by atoms with E-state index in [9.17, 15) is 18.0 Å². The van der Waals surface area contributed by atoms with Gasteiger partial charge in [0.2, 0.25) is 0 Å². The van der Waals surface area contributed by atoms with E-state index in [1.807, 2.05) is 29.8 Å². The summed E-state index contributed by atoms with van der Waals surface area (Å²) in [6, 6.07) is 9.29. The molecule has 250 valence electrons. The Morgan fingerprint density at radius 2 is 1.87 bits per heavy atom. The number of aromatic nitrogens is 5. The Balaban J connectivity index is 1.10. The molecule has 2 unspecified atom stereocenters. The van der Waals surface area contributed by atoms with E-state index < -0.39 is 17.4 Å². The fourth-order valence-electron chi connectivity index (χ4n) is 8.98. The smallest absolute Gasteiger partial charge is 0.320 e. The first-order valence-corrected chi connectivity index (χ1v) is 17.9. The number of rotatable bonds is 5. The first kappa shape index (κ1) is 31.2. The number of piperidine rings is 1. The number of aryl methyl sites for hydroxylation is 1. The lowest BCUT2D eigenvalue weighted by Crippen LogP contribution is -2.49. The molecule has 8 rings (SSSR count). The SMILES string of the molecule is CC1CC(c2cccc(-n3cc4c(C(F)(F)F)cc(CN5CCC6NC7(CCCCCC7)SC6C5)cn4c3=O)c2)(c2nncn2C)C1. The molecule has 1 aromatic carbocycles. The van der Waals surface area contributed by atoms with Gasteiger partial charge in [0, 0.05) is 50.4 Å². The molecular formula is C35H42F3N7OS. The van der Waals surface area contributed by atoms with E-state index in [1.54, 1.807) is 18.6 Å². The Labute approximate surface area is 276 Å². The van der Waals surface area contributed by atoms with E-state index in [0.717, 1.165) is 43.7 Å². The second kappa shape index (κ2) is 11.5. The molecule has 4 aliphatic rings. The van der Waals surface area contributed by atoms with Crippen molar-refractivity contribution in [2.45, 2.75) is 99.0 Å². The second-order valence-electron chi connectivity index (χ2n) is 14.5. The Hall–Kier alpha value is -3.09. The molecule has 12 heteroatoms. The fourth-order valence-corrected chi connectivity index (χ4v) is 11.0. The van der Waals surface area contributed by atoms with Gasteiger partial charge in [-0.3, -0.25) is 19.2 Å². The first-order valence-electron chi connectivity index (χ1n) is 17.0. The third kappa shape index (κ3) is 5.44. The summed E-state index contributed by atoms with van der Waals surface area (Å²) in [4.78, 5) is 16.3. The molecule has 2 aliphatic carbocycles. The molecule has 2 saturated carbocycles. The highest BCUT2D eigenvalue weighted by molar-refractivity contribution is 8.01. The normalized spacial score (nSPS) is 28.0. The zero-order valence-corrected chi connectivity index (χ0v) is 27.8. The number of hydrogen-bond donors (Lipinski definition) is 1. The van der Waals surface area contributed by atoms with E-state index in [2.05, 4.69) is 39.1 Å². The predicted octanol–water partition coefficient (Wildman–Crippen LogP) is 6.28. The summed E-state index contributed by atoms with van der Waals surface area (Å²) in [6.45, 7) is 4.22. The maximum Gasteiger partial charge on any atom is 0.418 e. The predicted molar refractivity (Wildman–Crippen MR) is 177 cm³/mol. The molecule has 8 nitrogen and oxygen atoms in total. The minimum absolute atomic E-state index is 0.138. The maximum atomic E-state index is 14.6. The van der Waals surface area contributed by atoms with Gasteiger partial charge < -0.3 is 4.57 Å².